The molecule has 0 saturated heterocycles. The van der Waals surface area contributed by atoms with Crippen LogP contribution in [-0.2, 0) is 6.54 Å². The molecule has 0 saturated carbocycles. The molecule has 0 aliphatic carbocycles. The van der Waals surface area contributed by atoms with Gasteiger partial charge < -0.3 is 4.90 Å². The summed E-state index contributed by atoms with van der Waals surface area (Å²) in [6.45, 7) is 1.55. The van der Waals surface area contributed by atoms with Crippen LogP contribution in [0.15, 0.2) is 36.4 Å². The fourth-order valence-electron chi connectivity index (χ4n) is 2.36. The van der Waals surface area contributed by atoms with Gasteiger partial charge in [-0.15, -0.1) is 0 Å². The minimum absolute atomic E-state index is 0.0756. The average Bonchev–Trinajstić information content (AvgIpc) is 2.55. The Labute approximate surface area is 147 Å². The van der Waals surface area contributed by atoms with Crippen molar-refractivity contribution >= 4 is 28.9 Å². The lowest BCUT2D eigenvalue weighted by Crippen LogP contribution is -2.27. The summed E-state index contributed by atoms with van der Waals surface area (Å²) in [6, 6.07) is 8.84. The Balaban J connectivity index is 2.42. The third-order valence-electron chi connectivity index (χ3n) is 3.72. The van der Waals surface area contributed by atoms with E-state index in [0.29, 0.717) is 10.6 Å². The van der Waals surface area contributed by atoms with E-state index in [1.165, 1.54) is 18.9 Å². The number of non-ortho nitro benzene ring substituents is 1. The molecule has 0 N–H and O–H groups in total. The highest BCUT2D eigenvalue weighted by Gasteiger charge is 2.26. The smallest absolute Gasteiger partial charge is 0.279 e. The Morgan fingerprint density at radius 3 is 2.36 bits per heavy atom. The van der Waals surface area contributed by atoms with Gasteiger partial charge in [-0.2, -0.15) is 0 Å². The first-order valence-electron chi connectivity index (χ1n) is 7.14. The van der Waals surface area contributed by atoms with Gasteiger partial charge in [0.05, 0.1) is 21.5 Å². The number of amides is 1. The molecule has 0 spiro atoms. The lowest BCUT2D eigenvalue weighted by molar-refractivity contribution is -0.394. The average molecular weight is 364 g/mol. The Bertz CT molecular complexity index is 869. The number of rotatable bonds is 5. The van der Waals surface area contributed by atoms with E-state index in [1.54, 1.807) is 24.3 Å². The number of nitrogens with zero attached hydrogens (tertiary/aromatic N) is 3. The summed E-state index contributed by atoms with van der Waals surface area (Å²) in [5.41, 5.74) is -0.296. The minimum Gasteiger partial charge on any atom is -0.337 e. The second-order valence-corrected chi connectivity index (χ2v) is 5.81. The zero-order valence-electron chi connectivity index (χ0n) is 13.4. The van der Waals surface area contributed by atoms with E-state index in [-0.39, 0.29) is 17.7 Å². The first kappa shape index (κ1) is 18.3. The van der Waals surface area contributed by atoms with Crippen LogP contribution >= 0.6 is 11.6 Å². The Hall–Kier alpha value is -3.00. The van der Waals surface area contributed by atoms with Crippen molar-refractivity contribution in [2.24, 2.45) is 0 Å². The molecule has 0 aromatic heterocycles. The molecule has 0 radical (unpaired) electrons. The SMILES string of the molecule is Cc1c(C(=O)N(C)Cc2ccccc2Cl)cc([N+](=O)[O-])cc1[N+](=O)[O-]. The molecule has 0 bridgehead atoms. The third kappa shape index (κ3) is 3.92. The van der Waals surface area contributed by atoms with Crippen LogP contribution < -0.4 is 0 Å². The summed E-state index contributed by atoms with van der Waals surface area (Å²) in [5, 5.41) is 22.6. The molecule has 0 heterocycles. The van der Waals surface area contributed by atoms with Crippen molar-refractivity contribution in [2.75, 3.05) is 7.05 Å². The van der Waals surface area contributed by atoms with E-state index in [2.05, 4.69) is 0 Å². The van der Waals surface area contributed by atoms with Crippen molar-refractivity contribution in [3.8, 4) is 0 Å². The molecule has 2 aromatic rings. The van der Waals surface area contributed by atoms with Gasteiger partial charge in [0.25, 0.3) is 17.3 Å². The quantitative estimate of drug-likeness (QED) is 0.594. The summed E-state index contributed by atoms with van der Waals surface area (Å²) in [5.74, 6) is -0.566. The highest BCUT2D eigenvalue weighted by atomic mass is 35.5. The largest absolute Gasteiger partial charge is 0.337 e. The zero-order valence-corrected chi connectivity index (χ0v) is 14.2. The first-order chi connectivity index (χ1) is 11.7. The lowest BCUT2D eigenvalue weighted by atomic mass is 10.0. The number of benzene rings is 2. The predicted octanol–water partition coefficient (Wildman–Crippen LogP) is 3.74. The normalized spacial score (nSPS) is 10.4. The number of hydrogen-bond acceptors (Lipinski definition) is 5. The number of nitro groups is 2. The van der Waals surface area contributed by atoms with Gasteiger partial charge in [-0.05, 0) is 18.6 Å². The molecule has 0 atom stereocenters. The summed E-state index contributed by atoms with van der Waals surface area (Å²) >= 11 is 6.07. The van der Waals surface area contributed by atoms with E-state index < -0.39 is 27.1 Å². The zero-order chi connectivity index (χ0) is 18.7. The molecule has 25 heavy (non-hydrogen) atoms. The maximum atomic E-state index is 12.7. The predicted molar refractivity (Wildman–Crippen MR) is 91.7 cm³/mol. The highest BCUT2D eigenvalue weighted by Crippen LogP contribution is 2.29. The van der Waals surface area contributed by atoms with Crippen LogP contribution in [0.2, 0.25) is 5.02 Å². The molecule has 0 aliphatic rings. The number of hydrogen-bond donors (Lipinski definition) is 0. The van der Waals surface area contributed by atoms with Gasteiger partial charge in [-0.25, -0.2) is 0 Å². The lowest BCUT2D eigenvalue weighted by Gasteiger charge is -2.19. The summed E-state index contributed by atoms with van der Waals surface area (Å²) in [6.07, 6.45) is 0. The van der Waals surface area contributed by atoms with Crippen molar-refractivity contribution in [3.05, 3.63) is 78.3 Å². The fraction of sp³-hybridized carbons (Fsp3) is 0.188. The van der Waals surface area contributed by atoms with Gasteiger partial charge in [-0.1, -0.05) is 29.8 Å². The standard InChI is InChI=1S/C16H14ClN3O5/c1-10-13(7-12(19(22)23)8-15(10)20(24)25)16(21)18(2)9-11-5-3-4-6-14(11)17/h3-8H,9H2,1-2H3. The fourth-order valence-corrected chi connectivity index (χ4v) is 2.56. The van der Waals surface area contributed by atoms with Crippen molar-refractivity contribution in [1.29, 1.82) is 0 Å². The molecular weight excluding hydrogens is 350 g/mol. The van der Waals surface area contributed by atoms with Gasteiger partial charge >= 0.3 is 0 Å². The van der Waals surface area contributed by atoms with E-state index in [0.717, 1.165) is 12.1 Å². The van der Waals surface area contributed by atoms with Gasteiger partial charge in [0, 0.05) is 30.2 Å². The van der Waals surface area contributed by atoms with Crippen LogP contribution in [0, 0.1) is 27.2 Å². The Morgan fingerprint density at radius 1 is 1.16 bits per heavy atom. The summed E-state index contributed by atoms with van der Waals surface area (Å²) in [7, 11) is 1.50. The number of carbonyl (C=O) groups excluding carboxylic acids is 1. The molecule has 0 aliphatic heterocycles. The van der Waals surface area contributed by atoms with E-state index >= 15 is 0 Å². The van der Waals surface area contributed by atoms with Gasteiger partial charge in [0.2, 0.25) is 0 Å². The third-order valence-corrected chi connectivity index (χ3v) is 4.08. The van der Waals surface area contributed by atoms with E-state index in [1.807, 2.05) is 0 Å². The van der Waals surface area contributed by atoms with Crippen molar-refractivity contribution < 1.29 is 14.6 Å². The molecule has 8 nitrogen and oxygen atoms in total. The maximum absolute atomic E-state index is 12.7. The van der Waals surface area contributed by atoms with Crippen LogP contribution in [0.1, 0.15) is 21.5 Å². The molecule has 9 heteroatoms. The Kier molecular flexibility index (Phi) is 5.33. The van der Waals surface area contributed by atoms with Crippen molar-refractivity contribution in [2.45, 2.75) is 13.5 Å². The first-order valence-corrected chi connectivity index (χ1v) is 7.52. The molecule has 2 rings (SSSR count). The Morgan fingerprint density at radius 2 is 1.80 bits per heavy atom. The van der Waals surface area contributed by atoms with Gasteiger partial charge in [-0.3, -0.25) is 25.0 Å². The highest BCUT2D eigenvalue weighted by molar-refractivity contribution is 6.31. The topological polar surface area (TPSA) is 107 Å². The monoisotopic (exact) mass is 363 g/mol. The molecular formula is C16H14ClN3O5. The molecule has 2 aromatic carbocycles. The van der Waals surface area contributed by atoms with Crippen LogP contribution in [0.3, 0.4) is 0 Å². The van der Waals surface area contributed by atoms with Gasteiger partial charge in [0.1, 0.15) is 0 Å². The van der Waals surface area contributed by atoms with Gasteiger partial charge in [0.15, 0.2) is 0 Å². The maximum Gasteiger partial charge on any atom is 0.279 e. The van der Waals surface area contributed by atoms with Crippen LogP contribution in [-0.4, -0.2) is 27.7 Å². The number of halogens is 1. The molecule has 1 amide bonds. The second-order valence-electron chi connectivity index (χ2n) is 5.40. The van der Waals surface area contributed by atoms with Crippen molar-refractivity contribution in [1.82, 2.24) is 4.90 Å². The second kappa shape index (κ2) is 7.27. The van der Waals surface area contributed by atoms with E-state index in [4.69, 9.17) is 11.6 Å². The number of carbonyl (C=O) groups is 1. The minimum atomic E-state index is -0.767. The molecule has 130 valence electrons. The van der Waals surface area contributed by atoms with Crippen LogP contribution in [0.25, 0.3) is 0 Å². The van der Waals surface area contributed by atoms with Crippen LogP contribution in [0.4, 0.5) is 11.4 Å². The van der Waals surface area contributed by atoms with Crippen LogP contribution in [0.5, 0.6) is 0 Å². The molecule has 0 unspecified atom stereocenters. The summed E-state index contributed by atoms with van der Waals surface area (Å²) in [4.78, 5) is 34.6. The van der Waals surface area contributed by atoms with E-state index in [9.17, 15) is 25.0 Å². The summed E-state index contributed by atoms with van der Waals surface area (Å²) < 4.78 is 0. The number of nitro benzene ring substituents is 2. The molecule has 0 fully saturated rings. The van der Waals surface area contributed by atoms with Crippen molar-refractivity contribution in [3.63, 3.8) is 0 Å².